The smallest absolute Gasteiger partial charge is 0.325 e. The summed E-state index contributed by atoms with van der Waals surface area (Å²) in [6.07, 6.45) is 0. The van der Waals surface area contributed by atoms with Crippen LogP contribution < -0.4 is 10.1 Å². The van der Waals surface area contributed by atoms with Gasteiger partial charge < -0.3 is 14.8 Å². The summed E-state index contributed by atoms with van der Waals surface area (Å²) in [4.78, 5) is 23.6. The van der Waals surface area contributed by atoms with Gasteiger partial charge in [-0.1, -0.05) is 24.3 Å². The van der Waals surface area contributed by atoms with Crippen molar-refractivity contribution in [2.24, 2.45) is 0 Å². The Morgan fingerprint density at radius 1 is 1.09 bits per heavy atom. The van der Waals surface area contributed by atoms with E-state index in [0.717, 1.165) is 0 Å². The van der Waals surface area contributed by atoms with Crippen LogP contribution in [0.4, 0.5) is 4.39 Å². The monoisotopic (exact) mass is 317 g/mol. The van der Waals surface area contributed by atoms with Crippen LogP contribution in [-0.2, 0) is 16.1 Å². The molecule has 0 spiro atoms. The lowest BCUT2D eigenvalue weighted by atomic mass is 10.2. The molecule has 1 amide bonds. The fraction of sp³-hybridized carbons (Fsp3) is 0.176. The molecule has 0 aliphatic carbocycles. The molecule has 5 nitrogen and oxygen atoms in total. The minimum atomic E-state index is -0.586. The molecule has 2 aromatic carbocycles. The summed E-state index contributed by atoms with van der Waals surface area (Å²) < 4.78 is 22.8. The van der Waals surface area contributed by atoms with E-state index in [0.29, 0.717) is 16.9 Å². The number of hydrogen-bond acceptors (Lipinski definition) is 4. The number of carbonyl (C=O) groups is 2. The van der Waals surface area contributed by atoms with Crippen LogP contribution in [0.25, 0.3) is 0 Å². The van der Waals surface area contributed by atoms with Gasteiger partial charge in [0.1, 0.15) is 24.7 Å². The van der Waals surface area contributed by atoms with Gasteiger partial charge in [-0.15, -0.1) is 0 Å². The second kappa shape index (κ2) is 7.93. The Kier molecular flexibility index (Phi) is 5.68. The van der Waals surface area contributed by atoms with Gasteiger partial charge in [0.25, 0.3) is 5.91 Å². The molecule has 2 aromatic rings. The summed E-state index contributed by atoms with van der Waals surface area (Å²) in [5.41, 5.74) is 0.997. The molecule has 0 saturated heterocycles. The average molecular weight is 317 g/mol. The van der Waals surface area contributed by atoms with E-state index < -0.39 is 11.9 Å². The molecule has 6 heteroatoms. The molecule has 0 saturated carbocycles. The number of ether oxygens (including phenoxy) is 2. The lowest BCUT2D eigenvalue weighted by Gasteiger charge is -2.09. The van der Waals surface area contributed by atoms with Crippen LogP contribution in [0.3, 0.4) is 0 Å². The molecule has 23 heavy (non-hydrogen) atoms. The standard InChI is InChI=1S/C17H16FNO4/c1-22-15-5-3-2-4-14(15)17(21)19-10-16(20)23-11-12-6-8-13(18)9-7-12/h2-9H,10-11H2,1H3,(H,19,21). The highest BCUT2D eigenvalue weighted by atomic mass is 19.1. The topological polar surface area (TPSA) is 64.6 Å². The molecule has 0 fully saturated rings. The Balaban J connectivity index is 1.82. The van der Waals surface area contributed by atoms with Crippen molar-refractivity contribution in [3.63, 3.8) is 0 Å². The molecule has 0 heterocycles. The van der Waals surface area contributed by atoms with E-state index in [4.69, 9.17) is 9.47 Å². The highest BCUT2D eigenvalue weighted by Gasteiger charge is 2.13. The summed E-state index contributed by atoms with van der Waals surface area (Å²) >= 11 is 0. The maximum atomic E-state index is 12.8. The third kappa shape index (κ3) is 4.81. The first-order valence-electron chi connectivity index (χ1n) is 6.91. The van der Waals surface area contributed by atoms with Crippen LogP contribution >= 0.6 is 0 Å². The van der Waals surface area contributed by atoms with E-state index in [1.54, 1.807) is 24.3 Å². The maximum absolute atomic E-state index is 12.8. The fourth-order valence-electron chi connectivity index (χ4n) is 1.88. The number of rotatable bonds is 6. The van der Waals surface area contributed by atoms with Crippen LogP contribution in [-0.4, -0.2) is 25.5 Å². The van der Waals surface area contributed by atoms with E-state index in [1.165, 1.54) is 31.4 Å². The van der Waals surface area contributed by atoms with Crippen molar-refractivity contribution in [2.75, 3.05) is 13.7 Å². The molecular formula is C17H16FNO4. The van der Waals surface area contributed by atoms with Gasteiger partial charge in [-0.25, -0.2) is 4.39 Å². The number of esters is 1. The lowest BCUT2D eigenvalue weighted by molar-refractivity contribution is -0.143. The van der Waals surface area contributed by atoms with Crippen molar-refractivity contribution in [3.8, 4) is 5.75 Å². The number of halogens is 1. The van der Waals surface area contributed by atoms with Gasteiger partial charge in [0, 0.05) is 0 Å². The third-order valence-corrected chi connectivity index (χ3v) is 3.06. The zero-order chi connectivity index (χ0) is 16.7. The van der Waals surface area contributed by atoms with Crippen molar-refractivity contribution in [1.82, 2.24) is 5.32 Å². The SMILES string of the molecule is COc1ccccc1C(=O)NCC(=O)OCc1ccc(F)cc1. The van der Waals surface area contributed by atoms with Crippen molar-refractivity contribution in [2.45, 2.75) is 6.61 Å². The Morgan fingerprint density at radius 3 is 2.48 bits per heavy atom. The van der Waals surface area contributed by atoms with Crippen LogP contribution in [0.1, 0.15) is 15.9 Å². The predicted octanol–water partition coefficient (Wildman–Crippen LogP) is 2.31. The third-order valence-electron chi connectivity index (χ3n) is 3.06. The van der Waals surface area contributed by atoms with Crippen LogP contribution in [0, 0.1) is 5.82 Å². The van der Waals surface area contributed by atoms with E-state index in [2.05, 4.69) is 5.32 Å². The van der Waals surface area contributed by atoms with E-state index in [1.807, 2.05) is 0 Å². The van der Waals surface area contributed by atoms with E-state index >= 15 is 0 Å². The number of amides is 1. The van der Waals surface area contributed by atoms with Crippen molar-refractivity contribution in [1.29, 1.82) is 0 Å². The molecule has 120 valence electrons. The molecule has 0 aliphatic heterocycles. The number of benzene rings is 2. The molecule has 0 atom stereocenters. The van der Waals surface area contributed by atoms with Gasteiger partial charge in [-0.2, -0.15) is 0 Å². The molecule has 0 unspecified atom stereocenters. The number of hydrogen-bond donors (Lipinski definition) is 1. The number of nitrogens with one attached hydrogen (secondary N) is 1. The highest BCUT2D eigenvalue weighted by molar-refractivity contribution is 5.98. The first kappa shape index (κ1) is 16.5. The van der Waals surface area contributed by atoms with Gasteiger partial charge in [-0.05, 0) is 29.8 Å². The minimum Gasteiger partial charge on any atom is -0.496 e. The predicted molar refractivity (Wildman–Crippen MR) is 81.5 cm³/mol. The second-order valence-electron chi connectivity index (χ2n) is 4.67. The van der Waals surface area contributed by atoms with E-state index in [-0.39, 0.29) is 19.0 Å². The fourth-order valence-corrected chi connectivity index (χ4v) is 1.88. The Labute approximate surface area is 133 Å². The normalized spacial score (nSPS) is 10.0. The number of para-hydroxylation sites is 1. The van der Waals surface area contributed by atoms with Crippen molar-refractivity contribution >= 4 is 11.9 Å². The summed E-state index contributed by atoms with van der Waals surface area (Å²) in [6, 6.07) is 12.3. The molecule has 2 rings (SSSR count). The Hall–Kier alpha value is -2.89. The molecule has 0 aliphatic rings. The summed E-state index contributed by atoms with van der Waals surface area (Å²) in [5.74, 6) is -0.951. The van der Waals surface area contributed by atoms with Gasteiger partial charge in [0.05, 0.1) is 12.7 Å². The van der Waals surface area contributed by atoms with Gasteiger partial charge in [0.15, 0.2) is 0 Å². The van der Waals surface area contributed by atoms with Gasteiger partial charge >= 0.3 is 5.97 Å². The van der Waals surface area contributed by atoms with Gasteiger partial charge in [-0.3, -0.25) is 9.59 Å². The summed E-state index contributed by atoms with van der Waals surface area (Å²) in [7, 11) is 1.46. The number of carbonyl (C=O) groups excluding carboxylic acids is 2. The maximum Gasteiger partial charge on any atom is 0.325 e. The highest BCUT2D eigenvalue weighted by Crippen LogP contribution is 2.16. The Bertz CT molecular complexity index is 685. The van der Waals surface area contributed by atoms with Gasteiger partial charge in [0.2, 0.25) is 0 Å². The zero-order valence-corrected chi connectivity index (χ0v) is 12.5. The quantitative estimate of drug-likeness (QED) is 0.830. The molecule has 0 radical (unpaired) electrons. The first-order valence-corrected chi connectivity index (χ1v) is 6.91. The first-order chi connectivity index (χ1) is 11.1. The van der Waals surface area contributed by atoms with Crippen molar-refractivity contribution in [3.05, 3.63) is 65.5 Å². The molecule has 0 bridgehead atoms. The molecule has 1 N–H and O–H groups in total. The van der Waals surface area contributed by atoms with Crippen LogP contribution in [0.5, 0.6) is 5.75 Å². The molecule has 0 aromatic heterocycles. The zero-order valence-electron chi connectivity index (χ0n) is 12.5. The van der Waals surface area contributed by atoms with E-state index in [9.17, 15) is 14.0 Å². The lowest BCUT2D eigenvalue weighted by Crippen LogP contribution is -2.30. The van der Waals surface area contributed by atoms with Crippen LogP contribution in [0.2, 0.25) is 0 Å². The summed E-state index contributed by atoms with van der Waals surface area (Å²) in [5, 5.41) is 2.47. The average Bonchev–Trinajstić information content (AvgIpc) is 2.59. The van der Waals surface area contributed by atoms with Crippen molar-refractivity contribution < 1.29 is 23.5 Å². The summed E-state index contributed by atoms with van der Waals surface area (Å²) in [6.45, 7) is -0.248. The van der Waals surface area contributed by atoms with Crippen LogP contribution in [0.15, 0.2) is 48.5 Å². The number of methoxy groups -OCH3 is 1. The molecular weight excluding hydrogens is 301 g/mol. The largest absolute Gasteiger partial charge is 0.496 e. The Morgan fingerprint density at radius 2 is 1.78 bits per heavy atom. The minimum absolute atomic E-state index is 0.0175. The second-order valence-corrected chi connectivity index (χ2v) is 4.67.